The van der Waals surface area contributed by atoms with E-state index in [1.165, 1.54) is 43.9 Å². The summed E-state index contributed by atoms with van der Waals surface area (Å²) in [7, 11) is 0. The molecule has 0 N–H and O–H groups in total. The molecule has 0 heterocycles. The molecule has 0 unspecified atom stereocenters. The van der Waals surface area contributed by atoms with E-state index in [1.807, 2.05) is 0 Å². The maximum Gasteiger partial charge on any atom is 0.304 e. The van der Waals surface area contributed by atoms with Crippen molar-refractivity contribution >= 4 is 5.69 Å². The first-order chi connectivity index (χ1) is 8.66. The average Bonchev–Trinajstić information content (AvgIpc) is 2.81. The normalized spacial score (nSPS) is 16.1. The summed E-state index contributed by atoms with van der Waals surface area (Å²) in [6.07, 6.45) is 4.93. The second-order valence-corrected chi connectivity index (χ2v) is 4.71. The molecule has 0 saturated heterocycles. The number of nitro groups is 1. The second kappa shape index (κ2) is 5.91. The topological polar surface area (TPSA) is 52.4 Å². The number of halogens is 1. The van der Waals surface area contributed by atoms with Gasteiger partial charge in [-0.25, -0.2) is 0 Å². The molecule has 0 amide bonds. The standard InChI is InChI=1S/C13H16FNO3/c14-12-7-11(5-6-13(12)15(16)17)9-18-8-10-3-1-2-4-10/h5-7,10H,1-4,8-9H2. The highest BCUT2D eigenvalue weighted by Gasteiger charge is 2.16. The smallest absolute Gasteiger partial charge is 0.304 e. The predicted octanol–water partition coefficient (Wildman–Crippen LogP) is 3.44. The van der Waals surface area contributed by atoms with E-state index in [-0.39, 0.29) is 0 Å². The van der Waals surface area contributed by atoms with Crippen LogP contribution in [0, 0.1) is 21.8 Å². The number of rotatable bonds is 5. The number of hydrogen-bond acceptors (Lipinski definition) is 3. The van der Waals surface area contributed by atoms with Gasteiger partial charge in [0.25, 0.3) is 0 Å². The first kappa shape index (κ1) is 13.0. The number of ether oxygens (including phenoxy) is 1. The van der Waals surface area contributed by atoms with Gasteiger partial charge in [0.1, 0.15) is 0 Å². The highest BCUT2D eigenvalue weighted by atomic mass is 19.1. The molecule has 1 fully saturated rings. The first-order valence-electron chi connectivity index (χ1n) is 6.17. The van der Waals surface area contributed by atoms with E-state index in [0.717, 1.165) is 0 Å². The van der Waals surface area contributed by atoms with Gasteiger partial charge in [-0.2, -0.15) is 4.39 Å². The van der Waals surface area contributed by atoms with Gasteiger partial charge in [-0.05, 0) is 36.5 Å². The summed E-state index contributed by atoms with van der Waals surface area (Å²) < 4.78 is 18.9. The van der Waals surface area contributed by atoms with E-state index in [9.17, 15) is 14.5 Å². The molecule has 1 saturated carbocycles. The number of hydrogen-bond donors (Lipinski definition) is 0. The molecule has 1 aliphatic rings. The number of nitro benzene ring substituents is 1. The third-order valence-electron chi connectivity index (χ3n) is 3.31. The van der Waals surface area contributed by atoms with Crippen LogP contribution in [0.1, 0.15) is 31.2 Å². The Morgan fingerprint density at radius 1 is 1.39 bits per heavy atom. The van der Waals surface area contributed by atoms with Gasteiger partial charge in [0.2, 0.25) is 5.82 Å². The van der Waals surface area contributed by atoms with Gasteiger partial charge in [-0.1, -0.05) is 12.8 Å². The molecular formula is C13H16FNO3. The highest BCUT2D eigenvalue weighted by molar-refractivity contribution is 5.34. The molecule has 2 rings (SSSR count). The van der Waals surface area contributed by atoms with Crippen LogP contribution in [-0.4, -0.2) is 11.5 Å². The lowest BCUT2D eigenvalue weighted by molar-refractivity contribution is -0.387. The van der Waals surface area contributed by atoms with Crippen LogP contribution in [0.2, 0.25) is 0 Å². The van der Waals surface area contributed by atoms with E-state index in [1.54, 1.807) is 0 Å². The number of benzene rings is 1. The van der Waals surface area contributed by atoms with Crippen LogP contribution in [0.4, 0.5) is 10.1 Å². The van der Waals surface area contributed by atoms with Crippen LogP contribution in [0.15, 0.2) is 18.2 Å². The van der Waals surface area contributed by atoms with Crippen LogP contribution >= 0.6 is 0 Å². The van der Waals surface area contributed by atoms with Gasteiger partial charge < -0.3 is 4.74 Å². The molecule has 0 aromatic heterocycles. The molecule has 4 nitrogen and oxygen atoms in total. The van der Waals surface area contributed by atoms with Crippen molar-refractivity contribution in [3.63, 3.8) is 0 Å². The Kier molecular flexibility index (Phi) is 4.25. The fourth-order valence-corrected chi connectivity index (χ4v) is 2.31. The summed E-state index contributed by atoms with van der Waals surface area (Å²) in [4.78, 5) is 9.73. The zero-order chi connectivity index (χ0) is 13.0. The highest BCUT2D eigenvalue weighted by Crippen LogP contribution is 2.25. The lowest BCUT2D eigenvalue weighted by Crippen LogP contribution is -2.05. The summed E-state index contributed by atoms with van der Waals surface area (Å²) >= 11 is 0. The average molecular weight is 253 g/mol. The molecule has 1 aromatic rings. The largest absolute Gasteiger partial charge is 0.376 e. The summed E-state index contributed by atoms with van der Waals surface area (Å²) in [5.74, 6) is -0.185. The molecule has 0 radical (unpaired) electrons. The summed E-state index contributed by atoms with van der Waals surface area (Å²) in [5.41, 5.74) is 0.144. The van der Waals surface area contributed by atoms with Gasteiger partial charge in [0.05, 0.1) is 11.5 Å². The maximum absolute atomic E-state index is 13.3. The summed E-state index contributed by atoms with van der Waals surface area (Å²) in [6.45, 7) is 1.00. The summed E-state index contributed by atoms with van der Waals surface area (Å²) in [6, 6.07) is 3.90. The zero-order valence-electron chi connectivity index (χ0n) is 10.1. The van der Waals surface area contributed by atoms with E-state index in [4.69, 9.17) is 4.74 Å². The monoisotopic (exact) mass is 253 g/mol. The van der Waals surface area contributed by atoms with Gasteiger partial charge in [-0.3, -0.25) is 10.1 Å². The Balaban J connectivity index is 1.85. The van der Waals surface area contributed by atoms with E-state index < -0.39 is 16.4 Å². The van der Waals surface area contributed by atoms with Crippen molar-refractivity contribution in [1.29, 1.82) is 0 Å². The van der Waals surface area contributed by atoms with Gasteiger partial charge >= 0.3 is 5.69 Å². The van der Waals surface area contributed by atoms with Crippen molar-refractivity contribution < 1.29 is 14.1 Å². The third-order valence-corrected chi connectivity index (χ3v) is 3.31. The molecule has 0 aliphatic heterocycles. The van der Waals surface area contributed by atoms with Crippen molar-refractivity contribution in [1.82, 2.24) is 0 Å². The minimum atomic E-state index is -0.804. The van der Waals surface area contributed by atoms with Gasteiger partial charge in [0.15, 0.2) is 0 Å². The quantitative estimate of drug-likeness (QED) is 0.596. The maximum atomic E-state index is 13.3. The van der Waals surface area contributed by atoms with Crippen molar-refractivity contribution in [2.24, 2.45) is 5.92 Å². The first-order valence-corrected chi connectivity index (χ1v) is 6.17. The Bertz CT molecular complexity index is 430. The van der Waals surface area contributed by atoms with E-state index >= 15 is 0 Å². The molecular weight excluding hydrogens is 237 g/mol. The van der Waals surface area contributed by atoms with Crippen LogP contribution in [-0.2, 0) is 11.3 Å². The fraction of sp³-hybridized carbons (Fsp3) is 0.538. The Morgan fingerprint density at radius 2 is 2.11 bits per heavy atom. The van der Waals surface area contributed by atoms with Crippen molar-refractivity contribution in [2.75, 3.05) is 6.61 Å². The molecule has 18 heavy (non-hydrogen) atoms. The van der Waals surface area contributed by atoms with Gasteiger partial charge in [-0.15, -0.1) is 0 Å². The molecule has 0 bridgehead atoms. The van der Waals surface area contributed by atoms with Crippen LogP contribution in [0.3, 0.4) is 0 Å². The molecule has 0 spiro atoms. The summed E-state index contributed by atoms with van der Waals surface area (Å²) in [5, 5.41) is 10.5. The molecule has 0 atom stereocenters. The molecule has 98 valence electrons. The van der Waals surface area contributed by atoms with Crippen LogP contribution < -0.4 is 0 Å². The molecule has 1 aliphatic carbocycles. The lowest BCUT2D eigenvalue weighted by atomic mass is 10.1. The van der Waals surface area contributed by atoms with E-state index in [2.05, 4.69) is 0 Å². The number of nitrogens with zero attached hydrogens (tertiary/aromatic N) is 1. The van der Waals surface area contributed by atoms with Crippen molar-refractivity contribution in [2.45, 2.75) is 32.3 Å². The molecule has 1 aromatic carbocycles. The predicted molar refractivity (Wildman–Crippen MR) is 64.7 cm³/mol. The fourth-order valence-electron chi connectivity index (χ4n) is 2.31. The Hall–Kier alpha value is -1.49. The van der Waals surface area contributed by atoms with Crippen molar-refractivity contribution in [3.8, 4) is 0 Å². The minimum absolute atomic E-state index is 0.311. The lowest BCUT2D eigenvalue weighted by Gasteiger charge is -2.09. The Labute approximate surface area is 105 Å². The van der Waals surface area contributed by atoms with Crippen LogP contribution in [0.25, 0.3) is 0 Å². The molecule has 5 heteroatoms. The zero-order valence-corrected chi connectivity index (χ0v) is 10.1. The van der Waals surface area contributed by atoms with Crippen molar-refractivity contribution in [3.05, 3.63) is 39.7 Å². The minimum Gasteiger partial charge on any atom is -0.376 e. The van der Waals surface area contributed by atoms with E-state index in [0.29, 0.717) is 24.7 Å². The third kappa shape index (κ3) is 3.26. The Morgan fingerprint density at radius 3 is 2.72 bits per heavy atom. The van der Waals surface area contributed by atoms with Gasteiger partial charge in [0, 0.05) is 12.7 Å². The van der Waals surface area contributed by atoms with Crippen LogP contribution in [0.5, 0.6) is 0 Å². The SMILES string of the molecule is O=[N+]([O-])c1ccc(COCC2CCCC2)cc1F. The second-order valence-electron chi connectivity index (χ2n) is 4.71.